The summed E-state index contributed by atoms with van der Waals surface area (Å²) in [6.45, 7) is 11.3. The lowest BCUT2D eigenvalue weighted by Crippen LogP contribution is -2.34. The highest BCUT2D eigenvalue weighted by Crippen LogP contribution is 2.45. The Morgan fingerprint density at radius 3 is 1.96 bits per heavy atom. The number of aryl methyl sites for hydroxylation is 1. The van der Waals surface area contributed by atoms with Gasteiger partial charge in [0.25, 0.3) is 0 Å². The number of hydrogen-bond acceptors (Lipinski definition) is 14. The number of unbranched alkanes of at least 4 members (excludes halogenated alkanes) is 5. The van der Waals surface area contributed by atoms with E-state index >= 15 is 0 Å². The molecule has 5 N–H and O–H groups in total. The molecule has 71 heavy (non-hydrogen) atoms. The molecule has 4 amide bonds. The van der Waals surface area contributed by atoms with Crippen molar-refractivity contribution in [3.63, 3.8) is 0 Å². The molecule has 0 radical (unpaired) electrons. The minimum Gasteiger partial charge on any atom is -0.379 e. The van der Waals surface area contributed by atoms with E-state index in [1.165, 1.54) is 0 Å². The Hall–Kier alpha value is -4.21. The van der Waals surface area contributed by atoms with Gasteiger partial charge in [-0.05, 0) is 63.0 Å². The number of anilines is 1. The van der Waals surface area contributed by atoms with Crippen LogP contribution in [0.3, 0.4) is 0 Å². The predicted molar refractivity (Wildman–Crippen MR) is 277 cm³/mol. The van der Waals surface area contributed by atoms with Crippen LogP contribution in [-0.4, -0.2) is 141 Å². The summed E-state index contributed by atoms with van der Waals surface area (Å²) in [5.41, 5.74) is 4.87. The number of nitrogens with zero attached hydrogens (tertiary/aromatic N) is 4. The highest BCUT2D eigenvalue weighted by molar-refractivity contribution is 8.07. The summed E-state index contributed by atoms with van der Waals surface area (Å²) >= 11 is 5.00. The number of ether oxygens (including phenoxy) is 4. The van der Waals surface area contributed by atoms with Crippen LogP contribution in [0.2, 0.25) is 0 Å². The maximum atomic E-state index is 14.0. The molecule has 0 aliphatic carbocycles. The quantitative estimate of drug-likeness (QED) is 0.0337. The summed E-state index contributed by atoms with van der Waals surface area (Å²) in [6, 6.07) is 16.0. The number of carbonyl (C=O) groups excluding carboxylic acids is 4. The van der Waals surface area contributed by atoms with E-state index in [0.717, 1.165) is 73.9 Å². The molecule has 2 aromatic carbocycles. The van der Waals surface area contributed by atoms with Crippen LogP contribution in [0.15, 0.2) is 48.5 Å². The van der Waals surface area contributed by atoms with Gasteiger partial charge in [0.2, 0.25) is 23.6 Å². The first-order chi connectivity index (χ1) is 34.3. The van der Waals surface area contributed by atoms with Crippen molar-refractivity contribution in [3.8, 4) is 22.5 Å². The molecule has 1 aromatic heterocycles. The summed E-state index contributed by atoms with van der Waals surface area (Å²) in [7, 11) is 0. The Labute approximate surface area is 425 Å². The monoisotopic (exact) mass is 1030 g/mol. The smallest absolute Gasteiger partial charge is 0.324 e. The lowest BCUT2D eigenvalue weighted by molar-refractivity contribution is -0.125. The Kier molecular flexibility index (Phi) is 28.6. The van der Waals surface area contributed by atoms with Crippen LogP contribution < -0.4 is 26.2 Å². The Bertz CT molecular complexity index is 2090. The Morgan fingerprint density at radius 2 is 1.24 bits per heavy atom. The number of para-hydroxylation sites is 1. The fourth-order valence-corrected chi connectivity index (χ4v) is 9.27. The number of aromatic nitrogens is 3. The van der Waals surface area contributed by atoms with Gasteiger partial charge >= 0.3 is 6.72 Å². The summed E-state index contributed by atoms with van der Waals surface area (Å²) in [5.74, 6) is -0.583. The van der Waals surface area contributed by atoms with Crippen LogP contribution in [0, 0.1) is 0 Å². The fraction of sp³-hybridized carbons (Fsp3) is 0.640. The number of rotatable bonds is 38. The Balaban J connectivity index is 1.11. The molecule has 0 spiro atoms. The number of carbonyl (C=O) groups is 4. The van der Waals surface area contributed by atoms with Crippen LogP contribution in [0.1, 0.15) is 104 Å². The third kappa shape index (κ3) is 23.9. The summed E-state index contributed by atoms with van der Waals surface area (Å²) in [4.78, 5) is 63.2. The van der Waals surface area contributed by atoms with E-state index in [1.807, 2.05) is 53.2 Å². The van der Waals surface area contributed by atoms with Gasteiger partial charge in [-0.1, -0.05) is 80.8 Å². The van der Waals surface area contributed by atoms with E-state index in [9.17, 15) is 24.1 Å². The van der Waals surface area contributed by atoms with Crippen LogP contribution >= 0.6 is 6.72 Å². The van der Waals surface area contributed by atoms with Gasteiger partial charge in [0.15, 0.2) is 0 Å². The van der Waals surface area contributed by atoms with Crippen LogP contribution in [0.25, 0.3) is 22.5 Å². The second-order valence-corrected chi connectivity index (χ2v) is 20.5. The maximum Gasteiger partial charge on any atom is 0.324 e. The van der Waals surface area contributed by atoms with E-state index in [-0.39, 0.29) is 68.8 Å². The average molecular weight is 1030 g/mol. The van der Waals surface area contributed by atoms with Crippen molar-refractivity contribution < 1.29 is 52.1 Å². The SMILES string of the molecule is CC(C)NCCOCCOCCOCCNC(=O)CCOCCNC(=O)CCC(=O)N1Cc2ccccc2-c2c(nnn2CCCCCC(=O)NCCCCCCOP(O)(=S)OC(C)C)-c2ccccc21. The highest BCUT2D eigenvalue weighted by Gasteiger charge is 2.29. The summed E-state index contributed by atoms with van der Waals surface area (Å²) in [5, 5.41) is 21.2. The predicted octanol–water partition coefficient (Wildman–Crippen LogP) is 5.82. The average Bonchev–Trinajstić information content (AvgIpc) is 3.75. The topological polar surface area (TPSA) is 226 Å². The molecule has 0 fully saturated rings. The fourth-order valence-electron chi connectivity index (χ4n) is 7.58. The molecule has 19 nitrogen and oxygen atoms in total. The first-order valence-electron chi connectivity index (χ1n) is 25.3. The molecule has 4 rings (SSSR count). The molecule has 396 valence electrons. The molecule has 21 heteroatoms. The van der Waals surface area contributed by atoms with Crippen molar-refractivity contribution in [1.82, 2.24) is 36.3 Å². The number of hydrogen-bond donors (Lipinski definition) is 5. The zero-order valence-electron chi connectivity index (χ0n) is 42.3. The minimum absolute atomic E-state index is 0.0000338. The standard InChI is InChI=1S/C50H79N8O11PS/c1-39(2)51-25-31-65-34-36-67-37-35-66-33-27-54-47(61)23-30-64-32-26-53-46(60)21-22-48(62)57-38-41-16-9-10-17-42(41)50-49(43-18-11-12-19-44(43)57)55-56-58(50)28-14-7-8-20-45(59)52-24-13-5-6-15-29-68-70(63,71)69-40(3)4/h9-12,16-19,39-40,51H,5-8,13-15,20-38H2,1-4H3,(H,52,59)(H,53,60)(H,54,61)(H,63,71). The van der Waals surface area contributed by atoms with Gasteiger partial charge in [0.05, 0.1) is 83.5 Å². The second kappa shape index (κ2) is 34.3. The number of benzene rings is 2. The van der Waals surface area contributed by atoms with Gasteiger partial charge in [-0.15, -0.1) is 5.10 Å². The molecule has 1 atom stereocenters. The molecular weight excluding hydrogens is 952 g/mol. The van der Waals surface area contributed by atoms with Gasteiger partial charge in [0.1, 0.15) is 5.69 Å². The van der Waals surface area contributed by atoms with E-state index in [4.69, 9.17) is 39.8 Å². The second-order valence-electron chi connectivity index (χ2n) is 17.7. The van der Waals surface area contributed by atoms with Crippen LogP contribution in [0.4, 0.5) is 5.69 Å². The van der Waals surface area contributed by atoms with Gasteiger partial charge in [-0.2, -0.15) is 0 Å². The lowest BCUT2D eigenvalue weighted by atomic mass is 9.95. The molecule has 0 bridgehead atoms. The number of fused-ring (bicyclic) bond motifs is 5. The van der Waals surface area contributed by atoms with E-state index < -0.39 is 6.72 Å². The van der Waals surface area contributed by atoms with Crippen molar-refractivity contribution in [2.75, 3.05) is 90.5 Å². The first-order valence-corrected chi connectivity index (χ1v) is 27.9. The zero-order valence-corrected chi connectivity index (χ0v) is 44.0. The summed E-state index contributed by atoms with van der Waals surface area (Å²) < 4.78 is 34.6. The maximum absolute atomic E-state index is 14.0. The van der Waals surface area contributed by atoms with Gasteiger partial charge < -0.3 is 59.1 Å². The Morgan fingerprint density at radius 1 is 0.648 bits per heavy atom. The van der Waals surface area contributed by atoms with Crippen molar-refractivity contribution in [2.45, 2.75) is 124 Å². The van der Waals surface area contributed by atoms with E-state index in [1.54, 1.807) is 18.7 Å². The van der Waals surface area contributed by atoms with Crippen LogP contribution in [-0.2, 0) is 72.1 Å². The van der Waals surface area contributed by atoms with Crippen molar-refractivity contribution in [1.29, 1.82) is 0 Å². The molecule has 0 saturated carbocycles. The van der Waals surface area contributed by atoms with Crippen LogP contribution in [0.5, 0.6) is 0 Å². The molecule has 3 aromatic rings. The molecule has 1 aliphatic heterocycles. The van der Waals surface area contributed by atoms with Crippen molar-refractivity contribution >= 4 is 47.8 Å². The molecule has 2 heterocycles. The molecule has 0 saturated heterocycles. The van der Waals surface area contributed by atoms with E-state index in [0.29, 0.717) is 96.3 Å². The van der Waals surface area contributed by atoms with Gasteiger partial charge in [0, 0.05) is 75.6 Å². The third-order valence-corrected chi connectivity index (χ3v) is 12.8. The highest BCUT2D eigenvalue weighted by atomic mass is 32.5. The largest absolute Gasteiger partial charge is 0.379 e. The zero-order chi connectivity index (χ0) is 51.1. The van der Waals surface area contributed by atoms with Crippen molar-refractivity contribution in [3.05, 3.63) is 54.1 Å². The number of amides is 4. The van der Waals surface area contributed by atoms with Crippen molar-refractivity contribution in [2.24, 2.45) is 0 Å². The van der Waals surface area contributed by atoms with E-state index in [2.05, 4.69) is 45.4 Å². The molecular formula is C50H79N8O11PS. The normalized spacial score (nSPS) is 13.0. The lowest BCUT2D eigenvalue weighted by Gasteiger charge is -2.28. The van der Waals surface area contributed by atoms with Gasteiger partial charge in [-0.25, -0.2) is 4.68 Å². The number of nitrogens with one attached hydrogen (secondary N) is 4. The summed E-state index contributed by atoms with van der Waals surface area (Å²) in [6.07, 6.45) is 6.29. The first kappa shape index (κ1) is 59.4. The molecule has 1 unspecified atom stereocenters. The van der Waals surface area contributed by atoms with Gasteiger partial charge in [-0.3, -0.25) is 19.2 Å². The molecule has 1 aliphatic rings. The third-order valence-electron chi connectivity index (χ3n) is 11.1. The minimum atomic E-state index is -3.17.